The Morgan fingerprint density at radius 3 is 2.33 bits per heavy atom. The van der Waals surface area contributed by atoms with Gasteiger partial charge in [-0.1, -0.05) is 16.8 Å². The summed E-state index contributed by atoms with van der Waals surface area (Å²) in [6.45, 7) is -0.131. The monoisotopic (exact) mass is 423 g/mol. The van der Waals surface area contributed by atoms with E-state index in [9.17, 15) is 9.18 Å². The fourth-order valence-electron chi connectivity index (χ4n) is 2.63. The molecule has 150 valence electrons. The second kappa shape index (κ2) is 8.75. The molecule has 8 heteroatoms. The largest absolute Gasteiger partial charge is 0.484 e. The molecule has 4 aromatic rings. The standard InChI is InChI=1S/C22H15ClFN3O3/c23-16-5-11-19(12-6-16)29-13-20(28)25-18-9-3-15(4-10-18)22-26-21(27-30-22)14-1-7-17(24)8-2-14/h1-12H,13H2,(H,25,28). The first-order chi connectivity index (χ1) is 14.6. The maximum Gasteiger partial charge on any atom is 0.262 e. The molecule has 30 heavy (non-hydrogen) atoms. The first kappa shape index (κ1) is 19.6. The predicted molar refractivity (Wildman–Crippen MR) is 111 cm³/mol. The van der Waals surface area contributed by atoms with Crippen molar-refractivity contribution in [3.63, 3.8) is 0 Å². The van der Waals surface area contributed by atoms with Crippen LogP contribution in [-0.2, 0) is 4.79 Å². The number of amides is 1. The number of hydrogen-bond acceptors (Lipinski definition) is 5. The minimum atomic E-state index is -0.335. The summed E-state index contributed by atoms with van der Waals surface area (Å²) >= 11 is 5.81. The fourth-order valence-corrected chi connectivity index (χ4v) is 2.76. The average molecular weight is 424 g/mol. The van der Waals surface area contributed by atoms with Crippen LogP contribution in [0, 0.1) is 5.82 Å². The number of nitrogens with zero attached hydrogens (tertiary/aromatic N) is 2. The third-order valence-electron chi connectivity index (χ3n) is 4.13. The van der Waals surface area contributed by atoms with Crippen molar-refractivity contribution in [2.75, 3.05) is 11.9 Å². The zero-order valence-electron chi connectivity index (χ0n) is 15.5. The lowest BCUT2D eigenvalue weighted by Gasteiger charge is -2.08. The van der Waals surface area contributed by atoms with Crippen molar-refractivity contribution < 1.29 is 18.4 Å². The molecule has 0 bridgehead atoms. The van der Waals surface area contributed by atoms with Crippen molar-refractivity contribution >= 4 is 23.2 Å². The summed E-state index contributed by atoms with van der Waals surface area (Å²) in [5.74, 6) is 0.603. The molecule has 0 saturated carbocycles. The van der Waals surface area contributed by atoms with Crippen molar-refractivity contribution in [1.29, 1.82) is 0 Å². The summed E-state index contributed by atoms with van der Waals surface area (Å²) in [7, 11) is 0. The number of carbonyl (C=O) groups is 1. The number of hydrogen-bond donors (Lipinski definition) is 1. The van der Waals surface area contributed by atoms with E-state index in [1.165, 1.54) is 12.1 Å². The van der Waals surface area contributed by atoms with Crippen molar-refractivity contribution in [3.05, 3.63) is 83.6 Å². The van der Waals surface area contributed by atoms with Gasteiger partial charge in [-0.15, -0.1) is 0 Å². The molecular weight excluding hydrogens is 409 g/mol. The van der Waals surface area contributed by atoms with E-state index < -0.39 is 0 Å². The van der Waals surface area contributed by atoms with Crippen LogP contribution in [0.2, 0.25) is 5.02 Å². The molecule has 0 atom stereocenters. The van der Waals surface area contributed by atoms with Gasteiger partial charge in [0.05, 0.1) is 0 Å². The average Bonchev–Trinajstić information content (AvgIpc) is 3.25. The van der Waals surface area contributed by atoms with E-state index in [4.69, 9.17) is 20.9 Å². The molecule has 0 aliphatic rings. The molecule has 6 nitrogen and oxygen atoms in total. The number of nitrogens with one attached hydrogen (secondary N) is 1. The number of ether oxygens (including phenoxy) is 1. The SMILES string of the molecule is O=C(COc1ccc(Cl)cc1)Nc1ccc(-c2nc(-c3ccc(F)cc3)no2)cc1. The highest BCUT2D eigenvalue weighted by Gasteiger charge is 2.11. The number of anilines is 1. The summed E-state index contributed by atoms with van der Waals surface area (Å²) in [4.78, 5) is 16.4. The molecule has 0 unspecified atom stereocenters. The van der Waals surface area contributed by atoms with E-state index >= 15 is 0 Å². The lowest BCUT2D eigenvalue weighted by atomic mass is 10.2. The van der Waals surface area contributed by atoms with E-state index in [0.717, 1.165) is 0 Å². The summed E-state index contributed by atoms with van der Waals surface area (Å²) in [6, 6.07) is 19.5. The molecular formula is C22H15ClFN3O3. The molecule has 0 radical (unpaired) electrons. The van der Waals surface area contributed by atoms with Gasteiger partial charge in [0.15, 0.2) is 6.61 Å². The lowest BCUT2D eigenvalue weighted by Crippen LogP contribution is -2.20. The third-order valence-corrected chi connectivity index (χ3v) is 4.38. The van der Waals surface area contributed by atoms with E-state index in [2.05, 4.69) is 15.5 Å². The van der Waals surface area contributed by atoms with Gasteiger partial charge in [-0.25, -0.2) is 4.39 Å². The van der Waals surface area contributed by atoms with Crippen LogP contribution in [0.15, 0.2) is 77.3 Å². The molecule has 0 spiro atoms. The molecule has 0 aliphatic carbocycles. The summed E-state index contributed by atoms with van der Waals surface area (Å²) in [6.07, 6.45) is 0. The Morgan fingerprint density at radius 2 is 1.63 bits per heavy atom. The zero-order valence-corrected chi connectivity index (χ0v) is 16.3. The van der Waals surface area contributed by atoms with Gasteiger partial charge in [-0.3, -0.25) is 4.79 Å². The Kier molecular flexibility index (Phi) is 5.72. The Bertz CT molecular complexity index is 1140. The van der Waals surface area contributed by atoms with E-state index in [1.807, 2.05) is 0 Å². The summed E-state index contributed by atoms with van der Waals surface area (Å²) in [5.41, 5.74) is 1.93. The van der Waals surface area contributed by atoms with Crippen LogP contribution in [0.4, 0.5) is 10.1 Å². The van der Waals surface area contributed by atoms with Crippen molar-refractivity contribution in [2.45, 2.75) is 0 Å². The zero-order chi connectivity index (χ0) is 20.9. The summed E-state index contributed by atoms with van der Waals surface area (Å²) < 4.78 is 23.7. The molecule has 0 saturated heterocycles. The smallest absolute Gasteiger partial charge is 0.262 e. The lowest BCUT2D eigenvalue weighted by molar-refractivity contribution is -0.118. The van der Waals surface area contributed by atoms with Gasteiger partial charge >= 0.3 is 0 Å². The molecule has 0 aliphatic heterocycles. The first-order valence-corrected chi connectivity index (χ1v) is 9.33. The topological polar surface area (TPSA) is 77.2 Å². The van der Waals surface area contributed by atoms with Crippen molar-refractivity contribution in [2.24, 2.45) is 0 Å². The van der Waals surface area contributed by atoms with Crippen LogP contribution < -0.4 is 10.1 Å². The van der Waals surface area contributed by atoms with Crippen molar-refractivity contribution in [1.82, 2.24) is 10.1 Å². The maximum absolute atomic E-state index is 13.0. The predicted octanol–water partition coefficient (Wildman–Crippen LogP) is 5.21. The third kappa shape index (κ3) is 4.82. The Balaban J connectivity index is 1.36. The number of halogens is 2. The maximum atomic E-state index is 13.0. The molecule has 1 heterocycles. The Labute approximate surface area is 176 Å². The Morgan fingerprint density at radius 1 is 0.967 bits per heavy atom. The summed E-state index contributed by atoms with van der Waals surface area (Å²) in [5, 5.41) is 7.26. The van der Waals surface area contributed by atoms with Gasteiger partial charge in [-0.2, -0.15) is 4.98 Å². The number of benzene rings is 3. The molecule has 3 aromatic carbocycles. The van der Waals surface area contributed by atoms with Crippen LogP contribution in [0.25, 0.3) is 22.8 Å². The molecule has 1 N–H and O–H groups in total. The minimum absolute atomic E-state index is 0.131. The molecule has 1 aromatic heterocycles. The normalized spacial score (nSPS) is 10.6. The van der Waals surface area contributed by atoms with Crippen LogP contribution >= 0.6 is 11.6 Å². The number of rotatable bonds is 6. The van der Waals surface area contributed by atoms with E-state index in [-0.39, 0.29) is 18.3 Å². The van der Waals surface area contributed by atoms with Crippen LogP contribution in [0.5, 0.6) is 5.75 Å². The van der Waals surface area contributed by atoms with Gasteiger partial charge in [-0.05, 0) is 72.8 Å². The molecule has 1 amide bonds. The van der Waals surface area contributed by atoms with Gasteiger partial charge in [0.25, 0.3) is 11.8 Å². The molecule has 4 rings (SSSR count). The number of aromatic nitrogens is 2. The fraction of sp³-hybridized carbons (Fsp3) is 0.0455. The van der Waals surface area contributed by atoms with E-state index in [1.54, 1.807) is 60.7 Å². The van der Waals surface area contributed by atoms with E-state index in [0.29, 0.717) is 39.3 Å². The van der Waals surface area contributed by atoms with Gasteiger partial charge < -0.3 is 14.6 Å². The molecule has 0 fully saturated rings. The highest BCUT2D eigenvalue weighted by Crippen LogP contribution is 2.24. The van der Waals surface area contributed by atoms with Crippen LogP contribution in [0.3, 0.4) is 0 Å². The van der Waals surface area contributed by atoms with Crippen LogP contribution in [-0.4, -0.2) is 22.7 Å². The Hall–Kier alpha value is -3.71. The first-order valence-electron chi connectivity index (χ1n) is 8.95. The van der Waals surface area contributed by atoms with Crippen molar-refractivity contribution in [3.8, 4) is 28.6 Å². The minimum Gasteiger partial charge on any atom is -0.484 e. The second-order valence-electron chi connectivity index (χ2n) is 6.30. The quantitative estimate of drug-likeness (QED) is 0.460. The van der Waals surface area contributed by atoms with Gasteiger partial charge in [0.1, 0.15) is 11.6 Å². The second-order valence-corrected chi connectivity index (χ2v) is 6.73. The van der Waals surface area contributed by atoms with Gasteiger partial charge in [0.2, 0.25) is 5.82 Å². The highest BCUT2D eigenvalue weighted by molar-refractivity contribution is 6.30. The highest BCUT2D eigenvalue weighted by atomic mass is 35.5. The van der Waals surface area contributed by atoms with Gasteiger partial charge in [0, 0.05) is 21.8 Å². The number of carbonyl (C=O) groups excluding carboxylic acids is 1. The van der Waals surface area contributed by atoms with Crippen LogP contribution in [0.1, 0.15) is 0 Å².